The van der Waals surface area contributed by atoms with Crippen LogP contribution in [0.5, 0.6) is 11.5 Å². The molecule has 232 valence electrons. The lowest BCUT2D eigenvalue weighted by Gasteiger charge is -2.44. The van der Waals surface area contributed by atoms with Crippen LogP contribution in [0.4, 0.5) is 0 Å². The molecule has 0 aliphatic heterocycles. The molecule has 0 radical (unpaired) electrons. The van der Waals surface area contributed by atoms with Crippen LogP contribution >= 0.6 is 7.92 Å². The molecule has 46 heavy (non-hydrogen) atoms. The van der Waals surface area contributed by atoms with Crippen molar-refractivity contribution in [1.82, 2.24) is 0 Å². The van der Waals surface area contributed by atoms with Crippen molar-refractivity contribution < 1.29 is 9.47 Å². The van der Waals surface area contributed by atoms with Crippen LogP contribution in [-0.4, -0.2) is 25.5 Å². The molecule has 0 saturated carbocycles. The van der Waals surface area contributed by atoms with Crippen molar-refractivity contribution in [3.05, 3.63) is 170 Å². The van der Waals surface area contributed by atoms with E-state index in [0.717, 1.165) is 11.5 Å². The maximum Gasteiger partial charge on any atom is 0.119 e. The minimum Gasteiger partial charge on any atom is -0.497 e. The quantitative estimate of drug-likeness (QED) is 0.139. The van der Waals surface area contributed by atoms with E-state index < -0.39 is 14.1 Å². The maximum absolute atomic E-state index is 5.27. The van der Waals surface area contributed by atoms with Gasteiger partial charge in [0.25, 0.3) is 0 Å². The van der Waals surface area contributed by atoms with Crippen molar-refractivity contribution in [2.75, 3.05) is 14.2 Å². The van der Waals surface area contributed by atoms with Gasteiger partial charge in [-0.05, 0) is 69.3 Å². The van der Waals surface area contributed by atoms with E-state index in [1.54, 1.807) is 14.2 Å². The minimum absolute atomic E-state index is 0.230. The van der Waals surface area contributed by atoms with Crippen LogP contribution in [0.3, 0.4) is 0 Å². The van der Waals surface area contributed by atoms with Crippen molar-refractivity contribution in [1.29, 1.82) is 0 Å². The van der Waals surface area contributed by atoms with Crippen molar-refractivity contribution in [3.63, 3.8) is 0 Å². The Labute approximate surface area is 276 Å². The second-order valence-corrected chi connectivity index (χ2v) is 16.0. The number of ether oxygens (including phenoxy) is 2. The van der Waals surface area contributed by atoms with Gasteiger partial charge in [-0.1, -0.05) is 121 Å². The van der Waals surface area contributed by atoms with Crippen molar-refractivity contribution >= 4 is 46.5 Å². The molecular formula is C42H44BO2P. The van der Waals surface area contributed by atoms with Crippen LogP contribution in [-0.2, 0) is 0 Å². The standard InChI is InChI=1S/C24H20B.C18H23O2P/c1-5-13-21(14-6-1)25(22-15-7-2-8-16-22,23-17-9-3-10-18-23)24-19-11-4-12-20-24;1-18(2,3)21(16-10-6-14(19-4)7-11-16)17-12-8-15(20-5)9-13-17/h1-20H;6-13H,1-5H3/q-1;/p+1. The number of hydrogen-bond acceptors (Lipinski definition) is 2. The van der Waals surface area contributed by atoms with E-state index in [0.29, 0.717) is 0 Å². The summed E-state index contributed by atoms with van der Waals surface area (Å²) in [6.07, 6.45) is -1.22. The van der Waals surface area contributed by atoms with E-state index in [2.05, 4.69) is 191 Å². The largest absolute Gasteiger partial charge is 0.497 e. The van der Waals surface area contributed by atoms with Gasteiger partial charge in [0.15, 0.2) is 0 Å². The van der Waals surface area contributed by atoms with Gasteiger partial charge in [-0.25, -0.2) is 0 Å². The first-order valence-corrected chi connectivity index (χ1v) is 17.4. The van der Waals surface area contributed by atoms with Gasteiger partial charge in [0.2, 0.25) is 0 Å². The molecule has 0 spiro atoms. The third-order valence-corrected chi connectivity index (χ3v) is 12.0. The Morgan fingerprint density at radius 2 is 0.652 bits per heavy atom. The van der Waals surface area contributed by atoms with Crippen LogP contribution in [0.2, 0.25) is 0 Å². The summed E-state index contributed by atoms with van der Waals surface area (Å²) in [4.78, 5) is 0. The van der Waals surface area contributed by atoms with E-state index in [4.69, 9.17) is 9.47 Å². The molecule has 0 N–H and O–H groups in total. The summed E-state index contributed by atoms with van der Waals surface area (Å²) < 4.78 is 10.5. The highest BCUT2D eigenvalue weighted by Gasteiger charge is 2.36. The van der Waals surface area contributed by atoms with Gasteiger partial charge in [-0.3, -0.25) is 0 Å². The highest BCUT2D eigenvalue weighted by molar-refractivity contribution is 7.74. The fraction of sp³-hybridized carbons (Fsp3) is 0.143. The van der Waals surface area contributed by atoms with E-state index in [9.17, 15) is 0 Å². The van der Waals surface area contributed by atoms with Crippen LogP contribution in [0.1, 0.15) is 20.8 Å². The summed E-state index contributed by atoms with van der Waals surface area (Å²) in [6.45, 7) is 6.95. The molecule has 6 aromatic rings. The number of rotatable bonds is 8. The maximum atomic E-state index is 5.27. The predicted octanol–water partition coefficient (Wildman–Crippen LogP) is 6.73. The Morgan fingerprint density at radius 3 is 0.870 bits per heavy atom. The van der Waals surface area contributed by atoms with Crippen molar-refractivity contribution in [2.24, 2.45) is 0 Å². The summed E-state index contributed by atoms with van der Waals surface area (Å²) in [5.74, 6) is 1.81. The van der Waals surface area contributed by atoms with Crippen LogP contribution in [0, 0.1) is 0 Å². The number of hydrogen-bond donors (Lipinski definition) is 0. The lowest BCUT2D eigenvalue weighted by Crippen LogP contribution is -2.74. The zero-order chi connectivity index (χ0) is 32.4. The fourth-order valence-corrected chi connectivity index (χ4v) is 9.74. The van der Waals surface area contributed by atoms with Crippen LogP contribution in [0.25, 0.3) is 0 Å². The van der Waals surface area contributed by atoms with E-state index in [-0.39, 0.29) is 5.16 Å². The molecule has 0 aliphatic rings. The summed E-state index contributed by atoms with van der Waals surface area (Å²) >= 11 is 0. The molecule has 6 rings (SSSR count). The Morgan fingerprint density at radius 1 is 0.391 bits per heavy atom. The molecular weight excluding hydrogens is 578 g/mol. The third kappa shape index (κ3) is 7.28. The molecule has 0 aliphatic carbocycles. The van der Waals surface area contributed by atoms with Crippen molar-refractivity contribution in [2.45, 2.75) is 25.9 Å². The zero-order valence-electron chi connectivity index (χ0n) is 27.6. The topological polar surface area (TPSA) is 18.5 Å². The van der Waals surface area contributed by atoms with Gasteiger partial charge in [0, 0.05) is 0 Å². The molecule has 6 aromatic carbocycles. The molecule has 2 nitrogen and oxygen atoms in total. The van der Waals surface area contributed by atoms with Gasteiger partial charge in [0.1, 0.15) is 17.6 Å². The van der Waals surface area contributed by atoms with E-state index >= 15 is 0 Å². The first-order chi connectivity index (χ1) is 22.4. The predicted molar refractivity (Wildman–Crippen MR) is 203 cm³/mol. The van der Waals surface area contributed by atoms with Gasteiger partial charge in [0.05, 0.1) is 37.9 Å². The Kier molecular flexibility index (Phi) is 10.8. The first-order valence-electron chi connectivity index (χ1n) is 15.9. The fourth-order valence-electron chi connectivity index (χ4n) is 6.67. The highest BCUT2D eigenvalue weighted by Crippen LogP contribution is 2.47. The van der Waals surface area contributed by atoms with Gasteiger partial charge >= 0.3 is 0 Å². The second-order valence-electron chi connectivity index (χ2n) is 12.6. The highest BCUT2D eigenvalue weighted by atomic mass is 31.1. The lowest BCUT2D eigenvalue weighted by atomic mass is 9.13. The Bertz CT molecular complexity index is 1540. The normalized spacial score (nSPS) is 11.3. The molecule has 0 saturated heterocycles. The molecule has 0 heterocycles. The number of methoxy groups -OCH3 is 2. The SMILES string of the molecule is COc1ccc([PH+](c2ccc(OC)cc2)C(C)(C)C)cc1.c1ccc([B-](c2ccccc2)(c2ccccc2)c2ccccc2)cc1. The first kappa shape index (κ1) is 32.8. The van der Waals surface area contributed by atoms with Gasteiger partial charge in [-0.15, -0.1) is 0 Å². The Hall–Kier alpha value is -4.59. The molecule has 0 atom stereocenters. The van der Waals surface area contributed by atoms with Gasteiger partial charge in [-0.2, -0.15) is 21.9 Å². The summed E-state index contributed by atoms with van der Waals surface area (Å²) in [6, 6.07) is 60.5. The average molecular weight is 623 g/mol. The monoisotopic (exact) mass is 622 g/mol. The van der Waals surface area contributed by atoms with Crippen LogP contribution in [0.15, 0.2) is 170 Å². The minimum atomic E-state index is -1.22. The Balaban J connectivity index is 0.000000184. The molecule has 0 aromatic heterocycles. The average Bonchev–Trinajstić information content (AvgIpc) is 3.11. The second kappa shape index (κ2) is 15.1. The zero-order valence-corrected chi connectivity index (χ0v) is 28.6. The summed E-state index contributed by atoms with van der Waals surface area (Å²) in [5, 5.41) is 3.03. The molecule has 0 fully saturated rings. The smallest absolute Gasteiger partial charge is 0.119 e. The third-order valence-electron chi connectivity index (χ3n) is 8.71. The lowest BCUT2D eigenvalue weighted by molar-refractivity contribution is 0.415. The molecule has 0 bridgehead atoms. The van der Waals surface area contributed by atoms with Crippen LogP contribution < -0.4 is 41.9 Å². The summed E-state index contributed by atoms with van der Waals surface area (Å²) in [5.41, 5.74) is 5.36. The van der Waals surface area contributed by atoms with E-state index in [1.807, 2.05) is 0 Å². The summed E-state index contributed by atoms with van der Waals surface area (Å²) in [7, 11) is 2.53. The van der Waals surface area contributed by atoms with Crippen molar-refractivity contribution in [3.8, 4) is 11.5 Å². The van der Waals surface area contributed by atoms with Gasteiger partial charge < -0.3 is 9.47 Å². The molecule has 4 heteroatoms. The molecule has 0 unspecified atom stereocenters. The molecule has 0 amide bonds. The number of benzene rings is 6. The van der Waals surface area contributed by atoms with E-state index in [1.165, 1.54) is 32.5 Å².